The summed E-state index contributed by atoms with van der Waals surface area (Å²) in [6, 6.07) is 0.159. The number of carbonyl (C=O) groups excluding carboxylic acids is 1. The van der Waals surface area contributed by atoms with Crippen molar-refractivity contribution in [2.75, 3.05) is 13.6 Å². The van der Waals surface area contributed by atoms with Crippen molar-refractivity contribution in [3.05, 3.63) is 45.8 Å². The van der Waals surface area contributed by atoms with Crippen LogP contribution in [0.2, 0.25) is 0 Å². The molecular formula is C28H48N4O. The quantitative estimate of drug-likeness (QED) is 0.218. The van der Waals surface area contributed by atoms with Gasteiger partial charge in [0.15, 0.2) is 0 Å². The Bertz CT molecular complexity index is 808. The first-order chi connectivity index (χ1) is 15.6. The molecule has 0 aromatic rings. The van der Waals surface area contributed by atoms with Crippen LogP contribution >= 0.6 is 0 Å². The van der Waals surface area contributed by atoms with E-state index in [4.69, 9.17) is 5.41 Å². The average molecular weight is 457 g/mol. The Hall–Kier alpha value is -2.43. The van der Waals surface area contributed by atoms with Crippen LogP contribution in [0.25, 0.3) is 0 Å². The summed E-state index contributed by atoms with van der Waals surface area (Å²) in [6.45, 7) is 19.1. The van der Waals surface area contributed by atoms with Gasteiger partial charge < -0.3 is 15.6 Å². The van der Waals surface area contributed by atoms with Gasteiger partial charge in [-0.05, 0) is 88.7 Å². The smallest absolute Gasteiger partial charge is 0.227 e. The van der Waals surface area contributed by atoms with Gasteiger partial charge in [-0.1, -0.05) is 33.8 Å². The molecule has 0 fully saturated rings. The standard InChI is InChI=1S/C28H48N4O/c1-11-16-28(33)32(25(14-4)15-5)27(20(6)12-2)17-26(22(8)21(7)23(9)29)31-19-24(13-3)18-30-10/h13,17-18,25,29,31H,11-12,14-16,19H2,1-10H3/b22-21+,24-13+,26-17+,27-20+,29-23?,30-18-. The van der Waals surface area contributed by atoms with Crippen molar-refractivity contribution in [2.24, 2.45) is 4.99 Å². The Balaban J connectivity index is 6.89. The molecule has 0 bridgehead atoms. The summed E-state index contributed by atoms with van der Waals surface area (Å²) in [5.41, 5.74) is 6.67. The van der Waals surface area contributed by atoms with Crippen LogP contribution in [0.15, 0.2) is 50.8 Å². The van der Waals surface area contributed by atoms with E-state index in [2.05, 4.69) is 51.0 Å². The molecule has 0 aliphatic rings. The zero-order chi connectivity index (χ0) is 25.6. The topological polar surface area (TPSA) is 68.6 Å². The largest absolute Gasteiger partial charge is 0.381 e. The molecule has 0 saturated carbocycles. The third-order valence-corrected chi connectivity index (χ3v) is 6.23. The van der Waals surface area contributed by atoms with E-state index in [1.807, 2.05) is 44.9 Å². The van der Waals surface area contributed by atoms with Crippen LogP contribution in [-0.2, 0) is 4.79 Å². The normalized spacial score (nSPS) is 14.4. The molecule has 5 nitrogen and oxygen atoms in total. The molecule has 0 aromatic heterocycles. The fourth-order valence-electron chi connectivity index (χ4n) is 3.60. The molecule has 33 heavy (non-hydrogen) atoms. The molecule has 2 N–H and O–H groups in total. The third kappa shape index (κ3) is 9.53. The first-order valence-electron chi connectivity index (χ1n) is 12.4. The summed E-state index contributed by atoms with van der Waals surface area (Å²) in [6.07, 6.45) is 10.1. The van der Waals surface area contributed by atoms with Gasteiger partial charge in [-0.25, -0.2) is 0 Å². The van der Waals surface area contributed by atoms with Gasteiger partial charge in [0.2, 0.25) is 5.91 Å². The minimum absolute atomic E-state index is 0.159. The Morgan fingerprint density at radius 1 is 1.06 bits per heavy atom. The lowest BCUT2D eigenvalue weighted by atomic mass is 10.00. The van der Waals surface area contributed by atoms with Crippen LogP contribution in [0.1, 0.15) is 94.4 Å². The molecule has 0 spiro atoms. The van der Waals surface area contributed by atoms with Crippen LogP contribution < -0.4 is 5.32 Å². The van der Waals surface area contributed by atoms with Crippen LogP contribution in [-0.4, -0.2) is 42.4 Å². The average Bonchev–Trinajstić information content (AvgIpc) is 2.80. The Morgan fingerprint density at radius 3 is 2.09 bits per heavy atom. The lowest BCUT2D eigenvalue weighted by molar-refractivity contribution is -0.131. The van der Waals surface area contributed by atoms with Crippen molar-refractivity contribution >= 4 is 17.8 Å². The van der Waals surface area contributed by atoms with Gasteiger partial charge in [0.25, 0.3) is 0 Å². The predicted molar refractivity (Wildman–Crippen MR) is 145 cm³/mol. The first-order valence-corrected chi connectivity index (χ1v) is 12.4. The van der Waals surface area contributed by atoms with Crippen LogP contribution in [0, 0.1) is 5.41 Å². The molecular weight excluding hydrogens is 408 g/mol. The zero-order valence-corrected chi connectivity index (χ0v) is 22.9. The monoisotopic (exact) mass is 456 g/mol. The fraction of sp³-hybridized carbons (Fsp3) is 0.607. The van der Waals surface area contributed by atoms with E-state index in [1.54, 1.807) is 7.05 Å². The maximum absolute atomic E-state index is 13.3. The summed E-state index contributed by atoms with van der Waals surface area (Å²) >= 11 is 0. The number of nitrogens with zero attached hydrogens (tertiary/aromatic N) is 2. The lowest BCUT2D eigenvalue weighted by Crippen LogP contribution is -2.39. The maximum Gasteiger partial charge on any atom is 0.227 e. The van der Waals surface area contributed by atoms with Gasteiger partial charge in [0.1, 0.15) is 0 Å². The second-order valence-corrected chi connectivity index (χ2v) is 8.54. The molecule has 0 rings (SSSR count). The van der Waals surface area contributed by atoms with Gasteiger partial charge in [0.05, 0.1) is 0 Å². The van der Waals surface area contributed by atoms with Gasteiger partial charge in [0, 0.05) is 49.4 Å². The molecule has 0 aliphatic heterocycles. The van der Waals surface area contributed by atoms with E-state index < -0.39 is 0 Å². The number of hydrogen-bond donors (Lipinski definition) is 2. The summed E-state index contributed by atoms with van der Waals surface area (Å²) < 4.78 is 0. The summed E-state index contributed by atoms with van der Waals surface area (Å²) in [4.78, 5) is 19.5. The molecule has 0 aromatic carbocycles. The molecule has 0 aliphatic carbocycles. The minimum Gasteiger partial charge on any atom is -0.381 e. The van der Waals surface area contributed by atoms with E-state index in [9.17, 15) is 4.79 Å². The van der Waals surface area contributed by atoms with Gasteiger partial charge in [-0.15, -0.1) is 0 Å². The summed E-state index contributed by atoms with van der Waals surface area (Å²) in [7, 11) is 1.77. The first kappa shape index (κ1) is 30.6. The number of hydrogen-bond acceptors (Lipinski definition) is 4. The van der Waals surface area contributed by atoms with E-state index in [-0.39, 0.29) is 11.9 Å². The highest BCUT2D eigenvalue weighted by Crippen LogP contribution is 2.26. The van der Waals surface area contributed by atoms with E-state index in [0.717, 1.165) is 53.8 Å². The lowest BCUT2D eigenvalue weighted by Gasteiger charge is -2.33. The number of allylic oxidation sites excluding steroid dienone is 5. The number of aliphatic imine (C=N–C) groups is 1. The molecule has 5 heteroatoms. The van der Waals surface area contributed by atoms with Crippen molar-refractivity contribution in [2.45, 2.75) is 100 Å². The predicted octanol–water partition coefficient (Wildman–Crippen LogP) is 6.98. The SMILES string of the molecule is C/C=C(\C=N/C)CNC(=C/C(=C(/C)CC)N(C(=O)CCC)C(CC)CC)/C(C)=C(\C)C(C)=N. The Kier molecular flexibility index (Phi) is 15.0. The summed E-state index contributed by atoms with van der Waals surface area (Å²) in [5, 5.41) is 11.7. The zero-order valence-electron chi connectivity index (χ0n) is 22.9. The summed E-state index contributed by atoms with van der Waals surface area (Å²) in [5.74, 6) is 0.179. The highest BCUT2D eigenvalue weighted by molar-refractivity contribution is 5.96. The second kappa shape index (κ2) is 16.2. The van der Waals surface area contributed by atoms with Crippen LogP contribution in [0.3, 0.4) is 0 Å². The maximum atomic E-state index is 13.3. The van der Waals surface area contributed by atoms with Crippen molar-refractivity contribution in [3.8, 4) is 0 Å². The van der Waals surface area contributed by atoms with Gasteiger partial charge >= 0.3 is 0 Å². The highest BCUT2D eigenvalue weighted by Gasteiger charge is 2.25. The van der Waals surface area contributed by atoms with Crippen molar-refractivity contribution in [3.63, 3.8) is 0 Å². The molecule has 1 amide bonds. The van der Waals surface area contributed by atoms with Crippen molar-refractivity contribution in [1.82, 2.24) is 10.2 Å². The van der Waals surface area contributed by atoms with Crippen molar-refractivity contribution < 1.29 is 4.79 Å². The second-order valence-electron chi connectivity index (χ2n) is 8.54. The Labute approximate surface area is 203 Å². The van der Waals surface area contributed by atoms with Crippen LogP contribution in [0.4, 0.5) is 0 Å². The minimum atomic E-state index is 0.159. The van der Waals surface area contributed by atoms with Gasteiger partial charge in [-0.2, -0.15) is 0 Å². The highest BCUT2D eigenvalue weighted by atomic mass is 16.2. The molecule has 0 radical (unpaired) electrons. The van der Waals surface area contributed by atoms with E-state index in [1.165, 1.54) is 5.57 Å². The number of carbonyl (C=O) groups is 1. The molecule has 0 unspecified atom stereocenters. The fourth-order valence-corrected chi connectivity index (χ4v) is 3.60. The molecule has 0 heterocycles. The third-order valence-electron chi connectivity index (χ3n) is 6.23. The van der Waals surface area contributed by atoms with Crippen LogP contribution in [0.5, 0.6) is 0 Å². The van der Waals surface area contributed by atoms with E-state index >= 15 is 0 Å². The number of rotatable bonds is 14. The molecule has 0 saturated heterocycles. The molecule has 186 valence electrons. The van der Waals surface area contributed by atoms with Crippen molar-refractivity contribution in [1.29, 1.82) is 5.41 Å². The number of amides is 1. The van der Waals surface area contributed by atoms with Gasteiger partial charge in [-0.3, -0.25) is 9.79 Å². The molecule has 0 atom stereocenters. The Morgan fingerprint density at radius 2 is 1.67 bits per heavy atom. The van der Waals surface area contributed by atoms with E-state index in [0.29, 0.717) is 18.7 Å². The number of nitrogens with one attached hydrogen (secondary N) is 2.